The van der Waals surface area contributed by atoms with Crippen LogP contribution in [0.15, 0.2) is 4.99 Å². The Hall–Kier alpha value is -1.34. The average Bonchev–Trinajstić information content (AvgIpc) is 2.11. The number of aliphatic imine (C=N–C) groups is 1. The van der Waals surface area contributed by atoms with Crippen molar-refractivity contribution in [3.63, 3.8) is 0 Å². The largest absolute Gasteiger partial charge is 0.370 e. The van der Waals surface area contributed by atoms with Crippen LogP contribution in [-0.2, 0) is 9.53 Å². The van der Waals surface area contributed by atoms with E-state index in [2.05, 4.69) is 15.7 Å². The van der Waals surface area contributed by atoms with Crippen LogP contribution >= 0.6 is 0 Å². The number of amides is 1. The van der Waals surface area contributed by atoms with Crippen molar-refractivity contribution in [3.8, 4) is 0 Å². The van der Waals surface area contributed by atoms with Gasteiger partial charge in [0.1, 0.15) is 6.61 Å². The Morgan fingerprint density at radius 1 is 1.62 bits per heavy atom. The molecule has 0 bridgehead atoms. The fraction of sp³-hybridized carbons (Fsp3) is 0.667. The quantitative estimate of drug-likeness (QED) is 0.126. The Morgan fingerprint density at radius 2 is 2.31 bits per heavy atom. The van der Waals surface area contributed by atoms with E-state index < -0.39 is 5.91 Å². The first kappa shape index (κ1) is 11.7. The first-order chi connectivity index (χ1) is 6.20. The fourth-order valence-electron chi connectivity index (χ4n) is 0.609. The minimum atomic E-state index is -0.485. The Labute approximate surface area is 76.5 Å². The van der Waals surface area contributed by atoms with Crippen LogP contribution in [0.2, 0.25) is 0 Å². The number of hydrogen-bond acceptors (Lipinski definition) is 4. The second kappa shape index (κ2) is 7.32. The Bertz CT molecular complexity index is 182. The van der Waals surface area contributed by atoms with Gasteiger partial charge in [-0.3, -0.25) is 15.2 Å². The molecular formula is C6H15N5O2. The van der Waals surface area contributed by atoms with Gasteiger partial charge >= 0.3 is 0 Å². The van der Waals surface area contributed by atoms with Gasteiger partial charge in [0, 0.05) is 13.6 Å². The van der Waals surface area contributed by atoms with Crippen molar-refractivity contribution < 1.29 is 9.53 Å². The molecule has 0 aromatic heterocycles. The molecule has 0 aromatic carbocycles. The van der Waals surface area contributed by atoms with E-state index in [0.717, 1.165) is 0 Å². The Kier molecular flexibility index (Phi) is 6.56. The number of nitrogens with zero attached hydrogens (tertiary/aromatic N) is 1. The van der Waals surface area contributed by atoms with E-state index in [4.69, 9.17) is 16.3 Å². The van der Waals surface area contributed by atoms with E-state index in [0.29, 0.717) is 19.1 Å². The van der Waals surface area contributed by atoms with Gasteiger partial charge in [0.2, 0.25) is 11.9 Å². The number of rotatable bonds is 5. The van der Waals surface area contributed by atoms with E-state index in [1.165, 1.54) is 0 Å². The molecule has 0 unspecified atom stereocenters. The van der Waals surface area contributed by atoms with Gasteiger partial charge in [0.15, 0.2) is 0 Å². The maximum Gasteiger partial charge on any atom is 0.243 e. The van der Waals surface area contributed by atoms with Crippen LogP contribution < -0.4 is 22.3 Å². The Morgan fingerprint density at radius 3 is 2.77 bits per heavy atom. The summed E-state index contributed by atoms with van der Waals surface area (Å²) >= 11 is 0. The number of hydrazine groups is 1. The van der Waals surface area contributed by atoms with Crippen molar-refractivity contribution in [1.29, 1.82) is 0 Å². The zero-order valence-corrected chi connectivity index (χ0v) is 7.54. The first-order valence-corrected chi connectivity index (χ1v) is 3.74. The molecule has 76 valence electrons. The highest BCUT2D eigenvalue weighted by Crippen LogP contribution is 1.72. The van der Waals surface area contributed by atoms with Crippen molar-refractivity contribution in [2.24, 2.45) is 16.6 Å². The lowest BCUT2D eigenvalue weighted by Gasteiger charge is -2.07. The molecule has 0 fully saturated rings. The number of nitrogens with one attached hydrogen (secondary N) is 2. The van der Waals surface area contributed by atoms with E-state index >= 15 is 0 Å². The topological polar surface area (TPSA) is 115 Å². The molecule has 7 heteroatoms. The zero-order valence-electron chi connectivity index (χ0n) is 7.54. The molecular weight excluding hydrogens is 174 g/mol. The third-order valence-corrected chi connectivity index (χ3v) is 1.14. The van der Waals surface area contributed by atoms with Gasteiger partial charge in [-0.25, -0.2) is 5.84 Å². The lowest BCUT2D eigenvalue weighted by Crippen LogP contribution is -2.42. The smallest absolute Gasteiger partial charge is 0.243 e. The van der Waals surface area contributed by atoms with E-state index in [1.54, 1.807) is 7.05 Å². The number of hydrogen-bond donors (Lipinski definition) is 4. The van der Waals surface area contributed by atoms with Crippen molar-refractivity contribution in [2.45, 2.75) is 0 Å². The summed E-state index contributed by atoms with van der Waals surface area (Å²) < 4.78 is 4.87. The summed E-state index contributed by atoms with van der Waals surface area (Å²) in [6.07, 6.45) is 0. The van der Waals surface area contributed by atoms with Gasteiger partial charge < -0.3 is 15.8 Å². The summed E-state index contributed by atoms with van der Waals surface area (Å²) in [5.41, 5.74) is 7.19. The summed E-state index contributed by atoms with van der Waals surface area (Å²) in [7, 11) is 1.59. The zero-order chi connectivity index (χ0) is 10.1. The molecule has 0 aliphatic carbocycles. The number of ether oxygens (including phenoxy) is 1. The van der Waals surface area contributed by atoms with Crippen molar-refractivity contribution >= 4 is 11.9 Å². The predicted octanol–water partition coefficient (Wildman–Crippen LogP) is -2.47. The molecule has 0 rings (SSSR count). The molecule has 0 aliphatic heterocycles. The number of carbonyl (C=O) groups excluding carboxylic acids is 1. The maximum atomic E-state index is 10.2. The minimum absolute atomic E-state index is 0.0731. The Balaban J connectivity index is 3.30. The molecule has 0 heterocycles. The molecule has 0 aliphatic rings. The normalized spacial score (nSPS) is 11.1. The van der Waals surface area contributed by atoms with Crippen LogP contribution in [0.3, 0.4) is 0 Å². The highest BCUT2D eigenvalue weighted by atomic mass is 16.5. The second-order valence-corrected chi connectivity index (χ2v) is 2.16. The van der Waals surface area contributed by atoms with Crippen LogP contribution in [0.25, 0.3) is 0 Å². The lowest BCUT2D eigenvalue weighted by molar-refractivity contribution is -0.122. The van der Waals surface area contributed by atoms with Crippen molar-refractivity contribution in [3.05, 3.63) is 0 Å². The van der Waals surface area contributed by atoms with E-state index in [-0.39, 0.29) is 6.61 Å². The van der Waals surface area contributed by atoms with Gasteiger partial charge in [-0.15, -0.1) is 0 Å². The molecule has 6 N–H and O–H groups in total. The van der Waals surface area contributed by atoms with Crippen LogP contribution in [0.5, 0.6) is 0 Å². The summed E-state index contributed by atoms with van der Waals surface area (Å²) in [5, 5.41) is 2.83. The molecule has 1 amide bonds. The number of nitrogens with two attached hydrogens (primary N) is 2. The van der Waals surface area contributed by atoms with Gasteiger partial charge in [-0.05, 0) is 0 Å². The monoisotopic (exact) mass is 189 g/mol. The molecule has 0 aromatic rings. The lowest BCUT2D eigenvalue weighted by atomic mass is 10.6. The number of primary amides is 1. The van der Waals surface area contributed by atoms with Gasteiger partial charge in [0.25, 0.3) is 0 Å². The SMILES string of the molecule is CN=C(NN)NCCOCC(N)=O. The standard InChI is InChI=1S/C6H15N5O2/c1-9-6(11-8)10-2-3-13-4-5(7)12/h2-4,8H2,1H3,(H2,7,12)(H2,9,10,11). The van der Waals surface area contributed by atoms with Crippen molar-refractivity contribution in [2.75, 3.05) is 26.8 Å². The molecule has 0 spiro atoms. The van der Waals surface area contributed by atoms with Crippen LogP contribution in [-0.4, -0.2) is 38.7 Å². The summed E-state index contributed by atoms with van der Waals surface area (Å²) in [5.74, 6) is 5.06. The highest BCUT2D eigenvalue weighted by molar-refractivity contribution is 5.78. The van der Waals surface area contributed by atoms with E-state index in [9.17, 15) is 4.79 Å². The van der Waals surface area contributed by atoms with E-state index in [1.807, 2.05) is 0 Å². The van der Waals surface area contributed by atoms with Crippen LogP contribution in [0.4, 0.5) is 0 Å². The maximum absolute atomic E-state index is 10.2. The van der Waals surface area contributed by atoms with Crippen LogP contribution in [0, 0.1) is 0 Å². The molecule has 0 radical (unpaired) electrons. The molecule has 0 saturated carbocycles. The van der Waals surface area contributed by atoms with Gasteiger partial charge in [-0.1, -0.05) is 0 Å². The second-order valence-electron chi connectivity index (χ2n) is 2.16. The summed E-state index contributed by atoms with van der Waals surface area (Å²) in [6, 6.07) is 0. The minimum Gasteiger partial charge on any atom is -0.370 e. The molecule has 0 saturated heterocycles. The van der Waals surface area contributed by atoms with Crippen molar-refractivity contribution in [1.82, 2.24) is 10.7 Å². The molecule has 0 atom stereocenters. The predicted molar refractivity (Wildman–Crippen MR) is 48.7 cm³/mol. The third kappa shape index (κ3) is 7.04. The van der Waals surface area contributed by atoms with Crippen LogP contribution in [0.1, 0.15) is 0 Å². The summed E-state index contributed by atoms with van der Waals surface area (Å²) in [6.45, 7) is 0.796. The summed E-state index contributed by atoms with van der Waals surface area (Å²) in [4.78, 5) is 14.0. The molecule has 13 heavy (non-hydrogen) atoms. The number of guanidine groups is 1. The number of carbonyl (C=O) groups is 1. The van der Waals surface area contributed by atoms with Gasteiger partial charge in [0.05, 0.1) is 6.61 Å². The average molecular weight is 189 g/mol. The third-order valence-electron chi connectivity index (χ3n) is 1.14. The molecule has 7 nitrogen and oxygen atoms in total. The van der Waals surface area contributed by atoms with Gasteiger partial charge in [-0.2, -0.15) is 0 Å². The fourth-order valence-corrected chi connectivity index (χ4v) is 0.609. The highest BCUT2D eigenvalue weighted by Gasteiger charge is 1.94. The first-order valence-electron chi connectivity index (χ1n) is 3.74.